The number of nitrogens with zero attached hydrogens (tertiary/aromatic N) is 2. The van der Waals surface area contributed by atoms with E-state index in [2.05, 4.69) is 15.2 Å². The van der Waals surface area contributed by atoms with E-state index in [1.54, 1.807) is 0 Å². The number of rotatable bonds is 4. The van der Waals surface area contributed by atoms with E-state index in [4.69, 9.17) is 0 Å². The van der Waals surface area contributed by atoms with E-state index in [1.165, 1.54) is 11.3 Å². The van der Waals surface area contributed by atoms with E-state index in [1.807, 2.05) is 30.5 Å². The van der Waals surface area contributed by atoms with Crippen LogP contribution in [0.4, 0.5) is 4.79 Å². The van der Waals surface area contributed by atoms with E-state index < -0.39 is 6.04 Å². The minimum atomic E-state index is -0.471. The first-order valence-corrected chi connectivity index (χ1v) is 8.61. The molecule has 6 nitrogen and oxygen atoms in total. The van der Waals surface area contributed by atoms with Crippen LogP contribution in [0.5, 0.6) is 0 Å². The van der Waals surface area contributed by atoms with Crippen molar-refractivity contribution >= 4 is 22.8 Å². The topological polar surface area (TPSA) is 68.4 Å². The predicted molar refractivity (Wildman–Crippen MR) is 91.5 cm³/mol. The number of imide groups is 1. The number of nitrogens with one attached hydrogen (secondary N) is 2. The lowest BCUT2D eigenvalue weighted by molar-refractivity contribution is -0.129. The zero-order chi connectivity index (χ0) is 16.5. The summed E-state index contributed by atoms with van der Waals surface area (Å²) < 4.78 is 0. The Kier molecular flexibility index (Phi) is 3.98. The molecule has 126 valence electrons. The Morgan fingerprint density at radius 3 is 2.71 bits per heavy atom. The zero-order valence-electron chi connectivity index (χ0n) is 13.6. The number of para-hydroxylation sites is 1. The van der Waals surface area contributed by atoms with Gasteiger partial charge in [0.2, 0.25) is 0 Å². The summed E-state index contributed by atoms with van der Waals surface area (Å²) in [4.78, 5) is 31.7. The molecule has 1 aromatic heterocycles. The maximum atomic E-state index is 12.7. The van der Waals surface area contributed by atoms with Gasteiger partial charge in [0.1, 0.15) is 6.04 Å². The molecule has 2 aromatic rings. The van der Waals surface area contributed by atoms with Crippen molar-refractivity contribution in [2.45, 2.75) is 31.7 Å². The van der Waals surface area contributed by atoms with Crippen molar-refractivity contribution < 1.29 is 9.59 Å². The van der Waals surface area contributed by atoms with Crippen LogP contribution in [0.1, 0.15) is 24.8 Å². The average Bonchev–Trinajstić information content (AvgIpc) is 3.13. The fraction of sp³-hybridized carbons (Fsp3) is 0.444. The van der Waals surface area contributed by atoms with Crippen molar-refractivity contribution in [1.82, 2.24) is 20.1 Å². The summed E-state index contributed by atoms with van der Waals surface area (Å²) in [5.41, 5.74) is 2.11. The number of carbonyl (C=O) groups is 2. The number of aromatic amines is 1. The van der Waals surface area contributed by atoms with Crippen molar-refractivity contribution in [2.24, 2.45) is 0 Å². The number of benzene rings is 1. The van der Waals surface area contributed by atoms with Gasteiger partial charge in [0.05, 0.1) is 6.67 Å². The SMILES string of the molecule is O=C1N[C@H](Cc2c[nH]c3ccccc23)C(=O)N1CN1CCCCC1. The van der Waals surface area contributed by atoms with Crippen LogP contribution in [0.2, 0.25) is 0 Å². The minimum absolute atomic E-state index is 0.115. The van der Waals surface area contributed by atoms with Crippen LogP contribution in [0.3, 0.4) is 0 Å². The van der Waals surface area contributed by atoms with Gasteiger partial charge in [-0.2, -0.15) is 0 Å². The van der Waals surface area contributed by atoms with Crippen LogP contribution in [-0.2, 0) is 11.2 Å². The number of H-pyrrole nitrogens is 1. The third-order valence-electron chi connectivity index (χ3n) is 5.00. The lowest BCUT2D eigenvalue weighted by Gasteiger charge is -2.29. The fourth-order valence-corrected chi connectivity index (χ4v) is 3.67. The molecule has 2 N–H and O–H groups in total. The van der Waals surface area contributed by atoms with Gasteiger partial charge in [-0.15, -0.1) is 0 Å². The first kappa shape index (κ1) is 15.2. The standard InChI is InChI=1S/C18H22N4O2/c23-17-16(10-13-11-19-15-7-3-2-6-14(13)15)20-18(24)22(17)12-21-8-4-1-5-9-21/h2-3,6-7,11,16,19H,1,4-5,8-10,12H2,(H,20,24)/t16-/m1/s1. The number of aromatic nitrogens is 1. The van der Waals surface area contributed by atoms with E-state index >= 15 is 0 Å². The second-order valence-corrected chi connectivity index (χ2v) is 6.65. The van der Waals surface area contributed by atoms with Gasteiger partial charge >= 0.3 is 6.03 Å². The molecular weight excluding hydrogens is 304 g/mol. The Hall–Kier alpha value is -2.34. The van der Waals surface area contributed by atoms with Gasteiger partial charge in [-0.3, -0.25) is 9.69 Å². The smallest absolute Gasteiger partial charge is 0.325 e. The number of carbonyl (C=O) groups excluding carboxylic acids is 2. The van der Waals surface area contributed by atoms with Gasteiger partial charge in [0.25, 0.3) is 5.91 Å². The molecule has 0 unspecified atom stereocenters. The van der Waals surface area contributed by atoms with E-state index in [0.29, 0.717) is 13.1 Å². The molecule has 3 heterocycles. The molecule has 0 bridgehead atoms. The lowest BCUT2D eigenvalue weighted by atomic mass is 10.1. The molecule has 0 spiro atoms. The average molecular weight is 326 g/mol. The van der Waals surface area contributed by atoms with Crippen LogP contribution in [0.15, 0.2) is 30.5 Å². The molecular formula is C18H22N4O2. The fourth-order valence-electron chi connectivity index (χ4n) is 3.67. The number of fused-ring (bicyclic) bond motifs is 1. The van der Waals surface area contributed by atoms with Gasteiger partial charge in [-0.1, -0.05) is 24.6 Å². The molecule has 2 aliphatic heterocycles. The van der Waals surface area contributed by atoms with Crippen molar-refractivity contribution in [1.29, 1.82) is 0 Å². The van der Waals surface area contributed by atoms with Gasteiger partial charge < -0.3 is 10.3 Å². The van der Waals surface area contributed by atoms with Gasteiger partial charge in [0.15, 0.2) is 0 Å². The predicted octanol–water partition coefficient (Wildman–Crippen LogP) is 2.07. The van der Waals surface area contributed by atoms with E-state index in [9.17, 15) is 9.59 Å². The first-order chi connectivity index (χ1) is 11.7. The summed E-state index contributed by atoms with van der Waals surface area (Å²) >= 11 is 0. The minimum Gasteiger partial charge on any atom is -0.361 e. The quantitative estimate of drug-likeness (QED) is 0.845. The number of amides is 3. The zero-order valence-corrected chi connectivity index (χ0v) is 13.6. The van der Waals surface area contributed by atoms with Crippen molar-refractivity contribution in [2.75, 3.05) is 19.8 Å². The molecule has 1 aromatic carbocycles. The molecule has 0 saturated carbocycles. The molecule has 1 atom stereocenters. The highest BCUT2D eigenvalue weighted by atomic mass is 16.2. The largest absolute Gasteiger partial charge is 0.361 e. The Bertz CT molecular complexity index is 763. The second kappa shape index (κ2) is 6.28. The Labute approximate surface area is 140 Å². The van der Waals surface area contributed by atoms with E-state index in [-0.39, 0.29) is 11.9 Å². The Morgan fingerprint density at radius 1 is 1.08 bits per heavy atom. The molecule has 3 amide bonds. The normalized spacial score (nSPS) is 22.3. The highest BCUT2D eigenvalue weighted by Crippen LogP contribution is 2.21. The number of urea groups is 1. The monoisotopic (exact) mass is 326 g/mol. The summed E-state index contributed by atoms with van der Waals surface area (Å²) in [7, 11) is 0. The van der Waals surface area contributed by atoms with Crippen LogP contribution >= 0.6 is 0 Å². The molecule has 0 radical (unpaired) electrons. The molecule has 0 aliphatic carbocycles. The van der Waals surface area contributed by atoms with Crippen LogP contribution in [0.25, 0.3) is 10.9 Å². The second-order valence-electron chi connectivity index (χ2n) is 6.65. The van der Waals surface area contributed by atoms with Gasteiger partial charge in [-0.05, 0) is 37.6 Å². The molecule has 2 fully saturated rings. The number of hydrogen-bond acceptors (Lipinski definition) is 3. The summed E-state index contributed by atoms with van der Waals surface area (Å²) in [5, 5.41) is 3.95. The maximum absolute atomic E-state index is 12.7. The van der Waals surface area contributed by atoms with E-state index in [0.717, 1.165) is 42.4 Å². The first-order valence-electron chi connectivity index (χ1n) is 8.61. The summed E-state index contributed by atoms with van der Waals surface area (Å²) in [6.07, 6.45) is 5.97. The van der Waals surface area contributed by atoms with Crippen molar-refractivity contribution in [3.05, 3.63) is 36.0 Å². The number of hydrogen-bond donors (Lipinski definition) is 2. The Balaban J connectivity index is 1.46. The summed E-state index contributed by atoms with van der Waals surface area (Å²) in [5.74, 6) is -0.115. The van der Waals surface area contributed by atoms with Crippen LogP contribution in [0, 0.1) is 0 Å². The van der Waals surface area contributed by atoms with Gasteiger partial charge in [-0.25, -0.2) is 9.69 Å². The molecule has 2 aliphatic rings. The van der Waals surface area contributed by atoms with Crippen LogP contribution < -0.4 is 5.32 Å². The highest BCUT2D eigenvalue weighted by Gasteiger charge is 2.39. The summed E-state index contributed by atoms with van der Waals surface area (Å²) in [6.45, 7) is 2.34. The number of likely N-dealkylation sites (tertiary alicyclic amines) is 1. The van der Waals surface area contributed by atoms with Crippen LogP contribution in [-0.4, -0.2) is 52.5 Å². The van der Waals surface area contributed by atoms with Gasteiger partial charge in [0, 0.05) is 23.5 Å². The van der Waals surface area contributed by atoms with Crippen molar-refractivity contribution in [3.8, 4) is 0 Å². The lowest BCUT2D eigenvalue weighted by Crippen LogP contribution is -2.44. The molecule has 6 heteroatoms. The third kappa shape index (κ3) is 2.78. The Morgan fingerprint density at radius 2 is 1.88 bits per heavy atom. The van der Waals surface area contributed by atoms with Crippen molar-refractivity contribution in [3.63, 3.8) is 0 Å². The maximum Gasteiger partial charge on any atom is 0.325 e. The summed E-state index contributed by atoms with van der Waals surface area (Å²) in [6, 6.07) is 7.27. The molecule has 2 saturated heterocycles. The number of piperidine rings is 1. The highest BCUT2D eigenvalue weighted by molar-refractivity contribution is 6.04. The third-order valence-corrected chi connectivity index (χ3v) is 5.00. The molecule has 24 heavy (non-hydrogen) atoms. The molecule has 4 rings (SSSR count).